The molecule has 28 heavy (non-hydrogen) atoms. The van der Waals surface area contributed by atoms with Crippen molar-refractivity contribution >= 4 is 16.6 Å². The molecule has 0 amide bonds. The highest BCUT2D eigenvalue weighted by Crippen LogP contribution is 2.34. The summed E-state index contributed by atoms with van der Waals surface area (Å²) in [5.74, 6) is 0. The van der Waals surface area contributed by atoms with E-state index >= 15 is 0 Å². The number of hydrogen-bond donors (Lipinski definition) is 1. The molecule has 5 aromatic rings. The average Bonchev–Trinajstić information content (AvgIpc) is 3.23. The summed E-state index contributed by atoms with van der Waals surface area (Å²) < 4.78 is 1.91. The molecule has 0 aliphatic rings. The number of pyridine rings is 2. The Labute approximate surface area is 162 Å². The number of benzene rings is 2. The van der Waals surface area contributed by atoms with Crippen LogP contribution in [0.25, 0.3) is 38.9 Å². The van der Waals surface area contributed by atoms with Gasteiger partial charge in [0.25, 0.3) is 0 Å². The number of nitrogens with two attached hydrogens (primary N) is 1. The Hall–Kier alpha value is -3.57. The molecule has 3 aromatic heterocycles. The summed E-state index contributed by atoms with van der Waals surface area (Å²) in [5.41, 5.74) is 13.0. The molecular weight excluding hydrogens is 346 g/mol. The maximum atomic E-state index is 6.01. The minimum atomic E-state index is 0.00781. The fourth-order valence-electron chi connectivity index (χ4n) is 3.53. The van der Waals surface area contributed by atoms with E-state index in [4.69, 9.17) is 10.7 Å². The van der Waals surface area contributed by atoms with E-state index in [9.17, 15) is 0 Å². The molecule has 0 radical (unpaired) electrons. The molecular formula is C23H19N5. The lowest BCUT2D eigenvalue weighted by atomic mass is 9.96. The summed E-state index contributed by atoms with van der Waals surface area (Å²) >= 11 is 0. The van der Waals surface area contributed by atoms with Crippen LogP contribution >= 0.6 is 0 Å². The van der Waals surface area contributed by atoms with Crippen molar-refractivity contribution in [3.05, 3.63) is 84.8 Å². The summed E-state index contributed by atoms with van der Waals surface area (Å²) in [4.78, 5) is 5.01. The van der Waals surface area contributed by atoms with Crippen LogP contribution in [0.5, 0.6) is 0 Å². The van der Waals surface area contributed by atoms with E-state index in [-0.39, 0.29) is 6.04 Å². The molecule has 2 N–H and O–H groups in total. The lowest BCUT2D eigenvalue weighted by Crippen LogP contribution is -2.04. The van der Waals surface area contributed by atoms with E-state index in [0.717, 1.165) is 44.5 Å². The second-order valence-corrected chi connectivity index (χ2v) is 6.97. The van der Waals surface area contributed by atoms with Gasteiger partial charge in [0.15, 0.2) is 5.65 Å². The fourth-order valence-corrected chi connectivity index (χ4v) is 3.53. The Morgan fingerprint density at radius 2 is 1.71 bits per heavy atom. The first-order valence-electron chi connectivity index (χ1n) is 9.25. The molecule has 5 heteroatoms. The minimum absolute atomic E-state index is 0.00781. The van der Waals surface area contributed by atoms with Gasteiger partial charge in [0.05, 0.1) is 11.2 Å². The summed E-state index contributed by atoms with van der Waals surface area (Å²) in [5, 5.41) is 9.29. The summed E-state index contributed by atoms with van der Waals surface area (Å²) in [7, 11) is 0. The highest BCUT2D eigenvalue weighted by Gasteiger charge is 2.14. The van der Waals surface area contributed by atoms with Gasteiger partial charge in [0.2, 0.25) is 0 Å². The standard InChI is InChI=1S/C23H19N5/c1-15(24)16-7-9-18(10-8-16)22-19(17-5-3-2-4-6-17)13-20-21(26-22)11-12-28-14-25-27-23(20)28/h2-15H,24H2,1H3/t15-/m1/s1. The van der Waals surface area contributed by atoms with E-state index in [0.29, 0.717) is 0 Å². The van der Waals surface area contributed by atoms with Crippen LogP contribution in [0, 0.1) is 0 Å². The van der Waals surface area contributed by atoms with Crippen LogP contribution in [0.3, 0.4) is 0 Å². The van der Waals surface area contributed by atoms with Gasteiger partial charge in [0.1, 0.15) is 6.33 Å². The van der Waals surface area contributed by atoms with Crippen LogP contribution < -0.4 is 5.73 Å². The number of aromatic nitrogens is 4. The van der Waals surface area contributed by atoms with Crippen LogP contribution in [0.15, 0.2) is 79.3 Å². The molecule has 0 saturated heterocycles. The SMILES string of the molecule is C[C@@H](N)c1ccc(-c2nc3ccn4cnnc4c3cc2-c2ccccc2)cc1. The molecule has 3 heterocycles. The van der Waals surface area contributed by atoms with Crippen LogP contribution in [-0.4, -0.2) is 19.6 Å². The number of hydrogen-bond acceptors (Lipinski definition) is 4. The number of rotatable bonds is 3. The first-order valence-corrected chi connectivity index (χ1v) is 9.25. The average molecular weight is 365 g/mol. The third-order valence-corrected chi connectivity index (χ3v) is 5.05. The first-order chi connectivity index (χ1) is 13.7. The fraction of sp³-hybridized carbons (Fsp3) is 0.0870. The Bertz CT molecular complexity index is 1270. The van der Waals surface area contributed by atoms with E-state index in [2.05, 4.69) is 52.7 Å². The Morgan fingerprint density at radius 3 is 2.46 bits per heavy atom. The lowest BCUT2D eigenvalue weighted by molar-refractivity contribution is 0.818. The predicted octanol–water partition coefficient (Wildman–Crippen LogP) is 4.63. The van der Waals surface area contributed by atoms with Crippen LogP contribution in [0.1, 0.15) is 18.5 Å². The zero-order chi connectivity index (χ0) is 19.1. The molecule has 5 nitrogen and oxygen atoms in total. The maximum Gasteiger partial charge on any atom is 0.170 e. The van der Waals surface area contributed by atoms with E-state index in [1.54, 1.807) is 6.33 Å². The number of fused-ring (bicyclic) bond motifs is 3. The minimum Gasteiger partial charge on any atom is -0.324 e. The molecule has 0 saturated carbocycles. The van der Waals surface area contributed by atoms with Crippen molar-refractivity contribution in [1.82, 2.24) is 19.6 Å². The van der Waals surface area contributed by atoms with Gasteiger partial charge in [-0.05, 0) is 30.2 Å². The highest BCUT2D eigenvalue weighted by atomic mass is 15.2. The van der Waals surface area contributed by atoms with Gasteiger partial charge in [-0.1, -0.05) is 54.6 Å². The number of nitrogens with zero attached hydrogens (tertiary/aromatic N) is 4. The third kappa shape index (κ3) is 2.73. The molecule has 5 rings (SSSR count). The van der Waals surface area contributed by atoms with Gasteiger partial charge >= 0.3 is 0 Å². The molecule has 0 aliphatic heterocycles. The third-order valence-electron chi connectivity index (χ3n) is 5.05. The normalized spacial score (nSPS) is 12.5. The molecule has 0 fully saturated rings. The van der Waals surface area contributed by atoms with Gasteiger partial charge in [-0.15, -0.1) is 10.2 Å². The second kappa shape index (κ2) is 6.55. The largest absolute Gasteiger partial charge is 0.324 e. The van der Waals surface area contributed by atoms with Gasteiger partial charge in [-0.3, -0.25) is 4.40 Å². The Balaban J connectivity index is 1.80. The topological polar surface area (TPSA) is 69.1 Å². The highest BCUT2D eigenvalue weighted by molar-refractivity contribution is 5.98. The van der Waals surface area contributed by atoms with Crippen molar-refractivity contribution in [1.29, 1.82) is 0 Å². The molecule has 136 valence electrons. The molecule has 0 bridgehead atoms. The molecule has 1 atom stereocenters. The first kappa shape index (κ1) is 16.6. The predicted molar refractivity (Wildman–Crippen MR) is 112 cm³/mol. The lowest BCUT2D eigenvalue weighted by Gasteiger charge is -2.13. The molecule has 0 spiro atoms. The van der Waals surface area contributed by atoms with Crippen molar-refractivity contribution in [3.8, 4) is 22.4 Å². The van der Waals surface area contributed by atoms with Crippen molar-refractivity contribution in [2.24, 2.45) is 5.73 Å². The second-order valence-electron chi connectivity index (χ2n) is 6.97. The smallest absolute Gasteiger partial charge is 0.170 e. The quantitative estimate of drug-likeness (QED) is 0.506. The Kier molecular flexibility index (Phi) is 3.88. The van der Waals surface area contributed by atoms with Gasteiger partial charge in [-0.2, -0.15) is 0 Å². The molecule has 2 aromatic carbocycles. The van der Waals surface area contributed by atoms with Crippen molar-refractivity contribution in [2.75, 3.05) is 0 Å². The van der Waals surface area contributed by atoms with Gasteiger partial charge in [-0.25, -0.2) is 4.98 Å². The molecule has 0 unspecified atom stereocenters. The summed E-state index contributed by atoms with van der Waals surface area (Å²) in [6.07, 6.45) is 3.65. The summed E-state index contributed by atoms with van der Waals surface area (Å²) in [6.45, 7) is 1.99. The van der Waals surface area contributed by atoms with E-state index < -0.39 is 0 Å². The van der Waals surface area contributed by atoms with Crippen LogP contribution in [0.4, 0.5) is 0 Å². The Morgan fingerprint density at radius 1 is 0.929 bits per heavy atom. The zero-order valence-corrected chi connectivity index (χ0v) is 15.4. The monoisotopic (exact) mass is 365 g/mol. The van der Waals surface area contributed by atoms with E-state index in [1.807, 2.05) is 41.8 Å². The molecule has 0 aliphatic carbocycles. The maximum absolute atomic E-state index is 6.01. The van der Waals surface area contributed by atoms with Crippen LogP contribution in [0.2, 0.25) is 0 Å². The van der Waals surface area contributed by atoms with Crippen molar-refractivity contribution in [3.63, 3.8) is 0 Å². The van der Waals surface area contributed by atoms with Crippen molar-refractivity contribution in [2.45, 2.75) is 13.0 Å². The van der Waals surface area contributed by atoms with Crippen LogP contribution in [-0.2, 0) is 0 Å². The summed E-state index contributed by atoms with van der Waals surface area (Å²) in [6, 6.07) is 22.8. The van der Waals surface area contributed by atoms with Crippen molar-refractivity contribution < 1.29 is 0 Å². The van der Waals surface area contributed by atoms with Gasteiger partial charge < -0.3 is 5.73 Å². The zero-order valence-electron chi connectivity index (χ0n) is 15.4. The van der Waals surface area contributed by atoms with Gasteiger partial charge in [0, 0.05) is 28.8 Å². The van der Waals surface area contributed by atoms with E-state index in [1.165, 1.54) is 0 Å².